The minimum Gasteiger partial charge on any atom is -0.324 e. The molecular weight excluding hydrogens is 289 g/mol. The third kappa shape index (κ3) is 2.99. The normalized spacial score (nSPS) is 12.4. The van der Waals surface area contributed by atoms with E-state index < -0.39 is 0 Å². The molecule has 4 heteroatoms. The maximum absolute atomic E-state index is 6.16. The second-order valence-corrected chi connectivity index (χ2v) is 5.25. The van der Waals surface area contributed by atoms with Crippen LogP contribution in [0.1, 0.15) is 17.2 Å². The predicted octanol–water partition coefficient (Wildman–Crippen LogP) is 4.89. The molecule has 94 valence electrons. The third-order valence-corrected chi connectivity index (χ3v) is 3.84. The average Bonchev–Trinajstić information content (AvgIpc) is 2.34. The zero-order chi connectivity index (χ0) is 13.1. The van der Waals surface area contributed by atoms with Gasteiger partial charge in [-0.05, 0) is 35.7 Å². The van der Waals surface area contributed by atoms with Gasteiger partial charge >= 0.3 is 0 Å². The summed E-state index contributed by atoms with van der Waals surface area (Å²) in [4.78, 5) is 0. The number of hydrogen-bond donors (Lipinski definition) is 1. The molecule has 0 heterocycles. The summed E-state index contributed by atoms with van der Waals surface area (Å²) >= 11 is 18.4. The third-order valence-electron chi connectivity index (χ3n) is 2.79. The standard InChI is InChI=1S/C14H12Cl3N/c15-11-5-2-1-4-9(11)14(18)8-10-12(16)6-3-7-13(10)17/h1-7,14H,8,18H2. The van der Waals surface area contributed by atoms with Crippen LogP contribution in [-0.4, -0.2) is 0 Å². The predicted molar refractivity (Wildman–Crippen MR) is 78.5 cm³/mol. The molecule has 1 atom stereocenters. The van der Waals surface area contributed by atoms with Crippen molar-refractivity contribution in [2.24, 2.45) is 5.73 Å². The van der Waals surface area contributed by atoms with Gasteiger partial charge in [-0.25, -0.2) is 0 Å². The highest BCUT2D eigenvalue weighted by Gasteiger charge is 2.14. The molecule has 2 aromatic rings. The minimum atomic E-state index is -0.226. The van der Waals surface area contributed by atoms with Gasteiger partial charge < -0.3 is 5.73 Å². The van der Waals surface area contributed by atoms with Crippen molar-refractivity contribution >= 4 is 34.8 Å². The molecule has 0 saturated carbocycles. The summed E-state index contributed by atoms with van der Waals surface area (Å²) in [5, 5.41) is 1.92. The van der Waals surface area contributed by atoms with Crippen molar-refractivity contribution in [2.75, 3.05) is 0 Å². The fourth-order valence-corrected chi connectivity index (χ4v) is 2.66. The van der Waals surface area contributed by atoms with E-state index >= 15 is 0 Å². The number of halogens is 3. The van der Waals surface area contributed by atoms with Crippen LogP contribution < -0.4 is 5.73 Å². The molecule has 2 rings (SSSR count). The van der Waals surface area contributed by atoms with Crippen LogP contribution in [0.3, 0.4) is 0 Å². The first kappa shape index (κ1) is 13.7. The summed E-state index contributed by atoms with van der Waals surface area (Å²) in [5.74, 6) is 0. The first-order valence-corrected chi connectivity index (χ1v) is 6.66. The van der Waals surface area contributed by atoms with Gasteiger partial charge in [-0.1, -0.05) is 59.1 Å². The van der Waals surface area contributed by atoms with Gasteiger partial charge in [0.15, 0.2) is 0 Å². The summed E-state index contributed by atoms with van der Waals surface area (Å²) in [6.07, 6.45) is 0.558. The van der Waals surface area contributed by atoms with Crippen LogP contribution in [0.4, 0.5) is 0 Å². The van der Waals surface area contributed by atoms with Crippen LogP contribution in [0.5, 0.6) is 0 Å². The van der Waals surface area contributed by atoms with Crippen LogP contribution in [0.2, 0.25) is 15.1 Å². The Bertz CT molecular complexity index is 534. The van der Waals surface area contributed by atoms with Crippen molar-refractivity contribution in [3.05, 3.63) is 68.7 Å². The van der Waals surface area contributed by atoms with E-state index in [4.69, 9.17) is 40.5 Å². The number of benzene rings is 2. The Morgan fingerprint density at radius 3 is 2.00 bits per heavy atom. The molecule has 0 amide bonds. The molecule has 1 nitrogen and oxygen atoms in total. The van der Waals surface area contributed by atoms with Crippen molar-refractivity contribution in [1.82, 2.24) is 0 Å². The van der Waals surface area contributed by atoms with Gasteiger partial charge in [0.25, 0.3) is 0 Å². The number of nitrogens with two attached hydrogens (primary N) is 1. The average molecular weight is 301 g/mol. The Morgan fingerprint density at radius 2 is 1.39 bits per heavy atom. The Kier molecular flexibility index (Phi) is 4.52. The highest BCUT2D eigenvalue weighted by atomic mass is 35.5. The topological polar surface area (TPSA) is 26.0 Å². The lowest BCUT2D eigenvalue weighted by Gasteiger charge is -2.15. The molecule has 0 aliphatic rings. The fourth-order valence-electron chi connectivity index (χ4n) is 1.83. The molecule has 1 unspecified atom stereocenters. The van der Waals surface area contributed by atoms with Crippen LogP contribution in [0.15, 0.2) is 42.5 Å². The van der Waals surface area contributed by atoms with Gasteiger partial charge in [-0.2, -0.15) is 0 Å². The van der Waals surface area contributed by atoms with E-state index in [9.17, 15) is 0 Å². The second-order valence-electron chi connectivity index (χ2n) is 4.03. The SMILES string of the molecule is NC(Cc1c(Cl)cccc1Cl)c1ccccc1Cl. The molecule has 0 radical (unpaired) electrons. The Morgan fingerprint density at radius 1 is 0.833 bits per heavy atom. The lowest BCUT2D eigenvalue weighted by molar-refractivity contribution is 0.722. The van der Waals surface area contributed by atoms with Crippen LogP contribution >= 0.6 is 34.8 Å². The smallest absolute Gasteiger partial charge is 0.0453 e. The summed E-state index contributed by atoms with van der Waals surface area (Å²) in [7, 11) is 0. The van der Waals surface area contributed by atoms with E-state index in [1.54, 1.807) is 0 Å². The molecule has 0 spiro atoms. The molecule has 2 N–H and O–H groups in total. The van der Waals surface area contributed by atoms with Crippen molar-refractivity contribution in [3.8, 4) is 0 Å². The van der Waals surface area contributed by atoms with E-state index in [0.717, 1.165) is 11.1 Å². The van der Waals surface area contributed by atoms with E-state index in [0.29, 0.717) is 21.5 Å². The van der Waals surface area contributed by atoms with E-state index in [1.165, 1.54) is 0 Å². The monoisotopic (exact) mass is 299 g/mol. The Labute approximate surface area is 121 Å². The lowest BCUT2D eigenvalue weighted by atomic mass is 9.99. The largest absolute Gasteiger partial charge is 0.324 e. The summed E-state index contributed by atoms with van der Waals surface area (Å²) in [6, 6.07) is 12.7. The molecule has 0 saturated heterocycles. The van der Waals surface area contributed by atoms with Crippen LogP contribution in [-0.2, 0) is 6.42 Å². The lowest BCUT2D eigenvalue weighted by Crippen LogP contribution is -2.14. The highest BCUT2D eigenvalue weighted by molar-refractivity contribution is 6.36. The maximum atomic E-state index is 6.16. The Hall–Kier alpha value is -0.730. The molecular formula is C14H12Cl3N. The van der Waals surface area contributed by atoms with Gasteiger partial charge in [0, 0.05) is 21.1 Å². The van der Waals surface area contributed by atoms with Crippen molar-refractivity contribution in [2.45, 2.75) is 12.5 Å². The van der Waals surface area contributed by atoms with E-state index in [-0.39, 0.29) is 6.04 Å². The number of hydrogen-bond acceptors (Lipinski definition) is 1. The van der Waals surface area contributed by atoms with Crippen molar-refractivity contribution < 1.29 is 0 Å². The van der Waals surface area contributed by atoms with Crippen LogP contribution in [0, 0.1) is 0 Å². The highest BCUT2D eigenvalue weighted by Crippen LogP contribution is 2.30. The fraction of sp³-hybridized carbons (Fsp3) is 0.143. The zero-order valence-electron chi connectivity index (χ0n) is 9.54. The van der Waals surface area contributed by atoms with Crippen molar-refractivity contribution in [1.29, 1.82) is 0 Å². The number of rotatable bonds is 3. The second kappa shape index (κ2) is 5.94. The molecule has 2 aromatic carbocycles. The molecule has 0 fully saturated rings. The molecule has 0 bridgehead atoms. The van der Waals surface area contributed by atoms with E-state index in [1.807, 2.05) is 42.5 Å². The zero-order valence-corrected chi connectivity index (χ0v) is 11.8. The van der Waals surface area contributed by atoms with Gasteiger partial charge in [0.1, 0.15) is 0 Å². The Balaban J connectivity index is 2.27. The first-order chi connectivity index (χ1) is 8.59. The first-order valence-electron chi connectivity index (χ1n) is 5.52. The molecule has 0 aromatic heterocycles. The minimum absolute atomic E-state index is 0.226. The summed E-state index contributed by atoms with van der Waals surface area (Å²) < 4.78 is 0. The quantitative estimate of drug-likeness (QED) is 0.858. The van der Waals surface area contributed by atoms with Crippen LogP contribution in [0.25, 0.3) is 0 Å². The van der Waals surface area contributed by atoms with Gasteiger partial charge in [0.2, 0.25) is 0 Å². The maximum Gasteiger partial charge on any atom is 0.0453 e. The molecule has 0 aliphatic heterocycles. The van der Waals surface area contributed by atoms with E-state index in [2.05, 4.69) is 0 Å². The van der Waals surface area contributed by atoms with Gasteiger partial charge in [-0.3, -0.25) is 0 Å². The van der Waals surface area contributed by atoms with Gasteiger partial charge in [-0.15, -0.1) is 0 Å². The molecule has 18 heavy (non-hydrogen) atoms. The molecule has 0 aliphatic carbocycles. The van der Waals surface area contributed by atoms with Gasteiger partial charge in [0.05, 0.1) is 0 Å². The van der Waals surface area contributed by atoms with Crippen molar-refractivity contribution in [3.63, 3.8) is 0 Å². The summed E-state index contributed by atoms with van der Waals surface area (Å²) in [6.45, 7) is 0. The summed E-state index contributed by atoms with van der Waals surface area (Å²) in [5.41, 5.74) is 7.92.